The van der Waals surface area contributed by atoms with E-state index in [0.29, 0.717) is 6.04 Å². The minimum absolute atomic E-state index is 0.683. The maximum atomic E-state index is 4.03. The molecule has 1 heterocycles. The van der Waals surface area contributed by atoms with Crippen molar-refractivity contribution in [2.75, 3.05) is 0 Å². The van der Waals surface area contributed by atoms with Crippen LogP contribution in [0.1, 0.15) is 32.1 Å². The molecule has 1 atom stereocenters. The average molecular weight is 138 g/mol. The fourth-order valence-electron chi connectivity index (χ4n) is 2.03. The number of nitrogens with zero attached hydrogens (tertiary/aromatic N) is 1. The monoisotopic (exact) mass is 138 g/mol. The zero-order chi connectivity index (χ0) is 6.81. The summed E-state index contributed by atoms with van der Waals surface area (Å²) >= 11 is 0. The van der Waals surface area contributed by atoms with Crippen LogP contribution in [0.15, 0.2) is 5.10 Å². The Labute approximate surface area is 61.7 Å². The highest BCUT2D eigenvalue weighted by molar-refractivity contribution is 5.59. The van der Waals surface area contributed by atoms with Crippen LogP contribution >= 0.6 is 0 Å². The zero-order valence-corrected chi connectivity index (χ0v) is 6.21. The van der Waals surface area contributed by atoms with Crippen molar-refractivity contribution in [2.45, 2.75) is 38.1 Å². The van der Waals surface area contributed by atoms with Crippen molar-refractivity contribution < 1.29 is 0 Å². The highest BCUT2D eigenvalue weighted by atomic mass is 15.3. The summed E-state index contributed by atoms with van der Waals surface area (Å²) in [7, 11) is 0. The standard InChI is InChI=1S/C8H14N2/c1-2-4-7(3-1)8-5-6-9-10-8/h6-8,10H,1-5H2. The lowest BCUT2D eigenvalue weighted by atomic mass is 9.97. The lowest BCUT2D eigenvalue weighted by Crippen LogP contribution is -2.27. The third-order valence-corrected chi connectivity index (χ3v) is 2.66. The molecule has 0 radical (unpaired) electrons. The van der Waals surface area contributed by atoms with Crippen LogP contribution in [0.25, 0.3) is 0 Å². The van der Waals surface area contributed by atoms with Crippen molar-refractivity contribution in [1.29, 1.82) is 0 Å². The minimum atomic E-state index is 0.683. The van der Waals surface area contributed by atoms with Gasteiger partial charge in [0.05, 0.1) is 6.04 Å². The SMILES string of the molecule is C1=NNC(C2CCCC2)C1. The zero-order valence-electron chi connectivity index (χ0n) is 6.21. The van der Waals surface area contributed by atoms with Gasteiger partial charge in [0.1, 0.15) is 0 Å². The molecule has 1 fully saturated rings. The van der Waals surface area contributed by atoms with Gasteiger partial charge in [0.15, 0.2) is 0 Å². The van der Waals surface area contributed by atoms with Crippen LogP contribution < -0.4 is 5.43 Å². The van der Waals surface area contributed by atoms with E-state index in [-0.39, 0.29) is 0 Å². The van der Waals surface area contributed by atoms with Gasteiger partial charge in [-0.05, 0) is 18.8 Å². The predicted octanol–water partition coefficient (Wildman–Crippen LogP) is 1.52. The van der Waals surface area contributed by atoms with E-state index in [0.717, 1.165) is 12.3 Å². The highest BCUT2D eigenvalue weighted by Crippen LogP contribution is 2.29. The first-order valence-electron chi connectivity index (χ1n) is 4.24. The number of nitrogens with one attached hydrogen (secondary N) is 1. The van der Waals surface area contributed by atoms with Gasteiger partial charge in [-0.1, -0.05) is 12.8 Å². The van der Waals surface area contributed by atoms with E-state index >= 15 is 0 Å². The predicted molar refractivity (Wildman–Crippen MR) is 42.0 cm³/mol. The third-order valence-electron chi connectivity index (χ3n) is 2.66. The second-order valence-corrected chi connectivity index (χ2v) is 3.33. The van der Waals surface area contributed by atoms with E-state index in [2.05, 4.69) is 10.5 Å². The summed E-state index contributed by atoms with van der Waals surface area (Å²) in [5.41, 5.74) is 3.17. The lowest BCUT2D eigenvalue weighted by Gasteiger charge is -2.16. The summed E-state index contributed by atoms with van der Waals surface area (Å²) in [6, 6.07) is 0.683. The normalized spacial score (nSPS) is 33.0. The molecule has 2 aliphatic rings. The van der Waals surface area contributed by atoms with Gasteiger partial charge in [-0.15, -0.1) is 0 Å². The molecule has 0 spiro atoms. The van der Waals surface area contributed by atoms with Crippen LogP contribution in [0.3, 0.4) is 0 Å². The van der Waals surface area contributed by atoms with Gasteiger partial charge in [0.25, 0.3) is 0 Å². The van der Waals surface area contributed by atoms with Crippen LogP contribution in [0, 0.1) is 5.92 Å². The molecule has 2 nitrogen and oxygen atoms in total. The van der Waals surface area contributed by atoms with Crippen molar-refractivity contribution in [3.05, 3.63) is 0 Å². The summed E-state index contributed by atoms with van der Waals surface area (Å²) in [5, 5.41) is 4.03. The number of hydrazone groups is 1. The highest BCUT2D eigenvalue weighted by Gasteiger charge is 2.25. The Bertz CT molecular complexity index is 128. The summed E-state index contributed by atoms with van der Waals surface area (Å²) in [6.07, 6.45) is 8.86. The molecule has 56 valence electrons. The Hall–Kier alpha value is -0.530. The first kappa shape index (κ1) is 6.20. The summed E-state index contributed by atoms with van der Waals surface area (Å²) in [4.78, 5) is 0. The number of hydrogen-bond donors (Lipinski definition) is 1. The Morgan fingerprint density at radius 3 is 2.70 bits per heavy atom. The van der Waals surface area contributed by atoms with Gasteiger partial charge >= 0.3 is 0 Å². The molecule has 0 bridgehead atoms. The Balaban J connectivity index is 1.87. The van der Waals surface area contributed by atoms with Gasteiger partial charge in [0, 0.05) is 12.6 Å². The third kappa shape index (κ3) is 1.02. The lowest BCUT2D eigenvalue weighted by molar-refractivity contribution is 0.392. The van der Waals surface area contributed by atoms with Crippen LogP contribution in [0.2, 0.25) is 0 Å². The molecule has 0 saturated heterocycles. The molecule has 0 aromatic carbocycles. The fourth-order valence-corrected chi connectivity index (χ4v) is 2.03. The van der Waals surface area contributed by atoms with E-state index in [1.165, 1.54) is 25.7 Å². The van der Waals surface area contributed by atoms with E-state index in [4.69, 9.17) is 0 Å². The minimum Gasteiger partial charge on any atom is -0.307 e. The second-order valence-electron chi connectivity index (χ2n) is 3.33. The molecule has 2 rings (SSSR count). The van der Waals surface area contributed by atoms with Crippen molar-refractivity contribution in [2.24, 2.45) is 11.0 Å². The molecule has 10 heavy (non-hydrogen) atoms. The molecule has 1 aliphatic carbocycles. The molecular formula is C8H14N2. The summed E-state index contributed by atoms with van der Waals surface area (Å²) in [6.45, 7) is 0. The summed E-state index contributed by atoms with van der Waals surface area (Å²) in [5.74, 6) is 0.919. The Morgan fingerprint density at radius 1 is 1.30 bits per heavy atom. The Morgan fingerprint density at radius 2 is 2.10 bits per heavy atom. The molecule has 0 aromatic rings. The topological polar surface area (TPSA) is 24.4 Å². The molecule has 1 aliphatic heterocycles. The maximum absolute atomic E-state index is 4.03. The molecule has 2 heteroatoms. The van der Waals surface area contributed by atoms with E-state index in [9.17, 15) is 0 Å². The van der Waals surface area contributed by atoms with Crippen LogP contribution in [-0.4, -0.2) is 12.3 Å². The summed E-state index contributed by atoms with van der Waals surface area (Å²) < 4.78 is 0. The first-order valence-corrected chi connectivity index (χ1v) is 4.24. The molecular weight excluding hydrogens is 124 g/mol. The first-order chi connectivity index (χ1) is 4.97. The van der Waals surface area contributed by atoms with Crippen LogP contribution in [-0.2, 0) is 0 Å². The second kappa shape index (κ2) is 2.60. The van der Waals surface area contributed by atoms with Crippen molar-refractivity contribution in [1.82, 2.24) is 5.43 Å². The number of rotatable bonds is 1. The average Bonchev–Trinajstić information content (AvgIpc) is 2.59. The van der Waals surface area contributed by atoms with E-state index in [1.807, 2.05) is 6.21 Å². The fraction of sp³-hybridized carbons (Fsp3) is 0.875. The molecule has 0 amide bonds. The quantitative estimate of drug-likeness (QED) is 0.583. The molecule has 1 N–H and O–H groups in total. The Kier molecular flexibility index (Phi) is 1.61. The van der Waals surface area contributed by atoms with Crippen LogP contribution in [0.4, 0.5) is 0 Å². The maximum Gasteiger partial charge on any atom is 0.0518 e. The van der Waals surface area contributed by atoms with Gasteiger partial charge in [-0.3, -0.25) is 0 Å². The van der Waals surface area contributed by atoms with E-state index in [1.54, 1.807) is 0 Å². The largest absolute Gasteiger partial charge is 0.307 e. The van der Waals surface area contributed by atoms with E-state index < -0.39 is 0 Å². The molecule has 1 unspecified atom stereocenters. The van der Waals surface area contributed by atoms with Gasteiger partial charge in [-0.25, -0.2) is 0 Å². The smallest absolute Gasteiger partial charge is 0.0518 e. The van der Waals surface area contributed by atoms with Crippen molar-refractivity contribution >= 4 is 6.21 Å². The molecule has 0 aromatic heterocycles. The van der Waals surface area contributed by atoms with Gasteiger partial charge in [0.2, 0.25) is 0 Å². The van der Waals surface area contributed by atoms with Gasteiger partial charge < -0.3 is 5.43 Å². The van der Waals surface area contributed by atoms with Crippen LogP contribution in [0.5, 0.6) is 0 Å². The molecule has 1 saturated carbocycles. The number of hydrogen-bond acceptors (Lipinski definition) is 2. The van der Waals surface area contributed by atoms with Crippen molar-refractivity contribution in [3.63, 3.8) is 0 Å². The van der Waals surface area contributed by atoms with Crippen molar-refractivity contribution in [3.8, 4) is 0 Å². The van der Waals surface area contributed by atoms with Gasteiger partial charge in [-0.2, -0.15) is 5.10 Å².